The molecular weight excluding hydrogens is 266 g/mol. The molecular formula is C16H31N3O2. The normalized spacial score (nSPS) is 34.0. The Kier molecular flexibility index (Phi) is 5.49. The van der Waals surface area contributed by atoms with Gasteiger partial charge in [0.25, 0.3) is 0 Å². The van der Waals surface area contributed by atoms with Gasteiger partial charge in [-0.2, -0.15) is 0 Å². The number of urea groups is 1. The average Bonchev–Trinajstić information content (AvgIpc) is 2.44. The molecule has 3 unspecified atom stereocenters. The molecule has 0 aromatic carbocycles. The molecule has 0 aromatic rings. The molecule has 21 heavy (non-hydrogen) atoms. The number of likely N-dealkylation sites (tertiary alicyclic amines) is 1. The van der Waals surface area contributed by atoms with E-state index in [0.717, 1.165) is 38.1 Å². The van der Waals surface area contributed by atoms with Crippen molar-refractivity contribution in [2.75, 3.05) is 33.7 Å². The van der Waals surface area contributed by atoms with Crippen molar-refractivity contribution in [3.05, 3.63) is 0 Å². The quantitative estimate of drug-likeness (QED) is 0.833. The monoisotopic (exact) mass is 297 g/mol. The van der Waals surface area contributed by atoms with E-state index in [1.165, 1.54) is 12.8 Å². The van der Waals surface area contributed by atoms with E-state index in [2.05, 4.69) is 31.2 Å². The lowest BCUT2D eigenvalue weighted by Gasteiger charge is -2.45. The molecule has 1 saturated carbocycles. The van der Waals surface area contributed by atoms with Gasteiger partial charge in [-0.3, -0.25) is 0 Å². The number of likely N-dealkylation sites (N-methyl/N-ethyl adjacent to an activating group) is 1. The maximum absolute atomic E-state index is 12.3. The summed E-state index contributed by atoms with van der Waals surface area (Å²) < 4.78 is 0. The average molecular weight is 297 g/mol. The molecule has 5 heteroatoms. The Morgan fingerprint density at radius 2 is 2.14 bits per heavy atom. The fraction of sp³-hybridized carbons (Fsp3) is 0.938. The van der Waals surface area contributed by atoms with Crippen LogP contribution in [0.4, 0.5) is 4.79 Å². The summed E-state index contributed by atoms with van der Waals surface area (Å²) in [6, 6.07) is -0.0202. The molecule has 1 aliphatic carbocycles. The van der Waals surface area contributed by atoms with Crippen LogP contribution in [0.2, 0.25) is 0 Å². The molecule has 2 N–H and O–H groups in total. The van der Waals surface area contributed by atoms with Gasteiger partial charge in [0.1, 0.15) is 0 Å². The highest BCUT2D eigenvalue weighted by Gasteiger charge is 2.37. The van der Waals surface area contributed by atoms with Crippen LogP contribution >= 0.6 is 0 Å². The van der Waals surface area contributed by atoms with Crippen LogP contribution < -0.4 is 5.32 Å². The van der Waals surface area contributed by atoms with E-state index in [4.69, 9.17) is 0 Å². The number of carbonyl (C=O) groups is 1. The number of piperidine rings is 1. The molecule has 1 heterocycles. The number of aliphatic hydroxyl groups excluding tert-OH is 1. The lowest BCUT2D eigenvalue weighted by molar-refractivity contribution is 0.0664. The number of nitrogens with zero attached hydrogens (tertiary/aromatic N) is 2. The summed E-state index contributed by atoms with van der Waals surface area (Å²) in [7, 11) is 4.24. The fourth-order valence-electron chi connectivity index (χ4n) is 3.85. The van der Waals surface area contributed by atoms with Crippen molar-refractivity contribution in [2.45, 2.75) is 57.1 Å². The molecule has 122 valence electrons. The number of nitrogens with one attached hydrogen (secondary N) is 1. The number of hydrogen-bond donors (Lipinski definition) is 2. The second kappa shape index (κ2) is 6.97. The number of amides is 2. The Labute approximate surface area is 128 Å². The maximum Gasteiger partial charge on any atom is 0.317 e. The summed E-state index contributed by atoms with van der Waals surface area (Å²) in [5.41, 5.74) is 0.0850. The number of β-amino-alcohol motifs (C(OH)–C–C–N with tert-alkyl or cyclic N) is 1. The first-order chi connectivity index (χ1) is 9.93. The van der Waals surface area contributed by atoms with Crippen LogP contribution in [0.5, 0.6) is 0 Å². The molecule has 5 nitrogen and oxygen atoms in total. The standard InChI is InChI=1S/C16H31N3O2/c1-13-6-4-8-16(10-13,18(2)3)12-17-15(21)19-9-5-7-14(20)11-19/h13-14,20H,4-12H2,1-3H3,(H,17,21). The van der Waals surface area contributed by atoms with Crippen LogP contribution in [0.3, 0.4) is 0 Å². The Bertz CT molecular complexity index is 361. The van der Waals surface area contributed by atoms with Crippen LogP contribution in [0.1, 0.15) is 45.4 Å². The summed E-state index contributed by atoms with van der Waals surface area (Å²) >= 11 is 0. The molecule has 2 aliphatic rings. The highest BCUT2D eigenvalue weighted by atomic mass is 16.3. The van der Waals surface area contributed by atoms with Crippen LogP contribution in [0, 0.1) is 5.92 Å². The highest BCUT2D eigenvalue weighted by Crippen LogP contribution is 2.35. The SMILES string of the molecule is CC1CCCC(CNC(=O)N2CCCC(O)C2)(N(C)C)C1. The molecule has 3 atom stereocenters. The van der Waals surface area contributed by atoms with Crippen molar-refractivity contribution in [3.8, 4) is 0 Å². The summed E-state index contributed by atoms with van der Waals surface area (Å²) in [6.07, 6.45) is 6.16. The number of rotatable bonds is 3. The van der Waals surface area contributed by atoms with Crippen LogP contribution in [0.25, 0.3) is 0 Å². The first-order valence-corrected chi connectivity index (χ1v) is 8.31. The van der Waals surface area contributed by atoms with Crippen molar-refractivity contribution in [3.63, 3.8) is 0 Å². The largest absolute Gasteiger partial charge is 0.391 e. The zero-order valence-electron chi connectivity index (χ0n) is 13.8. The fourth-order valence-corrected chi connectivity index (χ4v) is 3.85. The summed E-state index contributed by atoms with van der Waals surface area (Å²) in [5.74, 6) is 0.717. The minimum absolute atomic E-state index is 0.0202. The van der Waals surface area contributed by atoms with E-state index in [-0.39, 0.29) is 17.7 Å². The van der Waals surface area contributed by atoms with E-state index in [0.29, 0.717) is 13.1 Å². The Morgan fingerprint density at radius 1 is 1.38 bits per heavy atom. The van der Waals surface area contributed by atoms with Crippen molar-refractivity contribution >= 4 is 6.03 Å². The van der Waals surface area contributed by atoms with Gasteiger partial charge < -0.3 is 20.2 Å². The van der Waals surface area contributed by atoms with Crippen molar-refractivity contribution in [1.82, 2.24) is 15.1 Å². The van der Waals surface area contributed by atoms with Gasteiger partial charge in [-0.05, 0) is 45.7 Å². The molecule has 1 saturated heterocycles. The lowest BCUT2D eigenvalue weighted by Crippen LogP contribution is -2.57. The third kappa shape index (κ3) is 4.10. The van der Waals surface area contributed by atoms with E-state index >= 15 is 0 Å². The summed E-state index contributed by atoms with van der Waals surface area (Å²) in [4.78, 5) is 16.4. The maximum atomic E-state index is 12.3. The first kappa shape index (κ1) is 16.6. The predicted molar refractivity (Wildman–Crippen MR) is 84.3 cm³/mol. The van der Waals surface area contributed by atoms with Crippen LogP contribution in [0.15, 0.2) is 0 Å². The zero-order chi connectivity index (χ0) is 15.5. The third-order valence-electron chi connectivity index (χ3n) is 5.27. The summed E-state index contributed by atoms with van der Waals surface area (Å²) in [5, 5.41) is 12.8. The molecule has 1 aliphatic heterocycles. The van der Waals surface area contributed by atoms with Gasteiger partial charge in [0.2, 0.25) is 0 Å². The lowest BCUT2D eigenvalue weighted by atomic mass is 9.75. The van der Waals surface area contributed by atoms with E-state index in [9.17, 15) is 9.90 Å². The van der Waals surface area contributed by atoms with E-state index < -0.39 is 0 Å². The number of hydrogen-bond acceptors (Lipinski definition) is 3. The number of carbonyl (C=O) groups excluding carboxylic acids is 1. The van der Waals surface area contributed by atoms with E-state index in [1.807, 2.05) is 0 Å². The molecule has 2 rings (SSSR count). The first-order valence-electron chi connectivity index (χ1n) is 8.31. The van der Waals surface area contributed by atoms with Gasteiger partial charge in [-0.25, -0.2) is 4.79 Å². The molecule has 0 radical (unpaired) electrons. The van der Waals surface area contributed by atoms with Crippen molar-refractivity contribution in [1.29, 1.82) is 0 Å². The predicted octanol–water partition coefficient (Wildman–Crippen LogP) is 1.66. The highest BCUT2D eigenvalue weighted by molar-refractivity contribution is 5.74. The molecule has 0 bridgehead atoms. The van der Waals surface area contributed by atoms with Gasteiger partial charge in [-0.1, -0.05) is 19.8 Å². The molecule has 2 fully saturated rings. The van der Waals surface area contributed by atoms with Crippen molar-refractivity contribution < 1.29 is 9.90 Å². The topological polar surface area (TPSA) is 55.8 Å². The Morgan fingerprint density at radius 3 is 2.76 bits per heavy atom. The van der Waals surface area contributed by atoms with Gasteiger partial charge >= 0.3 is 6.03 Å². The second-order valence-electron chi connectivity index (χ2n) is 7.22. The molecule has 0 spiro atoms. The van der Waals surface area contributed by atoms with Gasteiger partial charge in [-0.15, -0.1) is 0 Å². The van der Waals surface area contributed by atoms with Crippen molar-refractivity contribution in [2.24, 2.45) is 5.92 Å². The number of aliphatic hydroxyl groups is 1. The van der Waals surface area contributed by atoms with Gasteiger partial charge in [0, 0.05) is 25.2 Å². The summed E-state index contributed by atoms with van der Waals surface area (Å²) in [6.45, 7) is 4.24. The smallest absolute Gasteiger partial charge is 0.317 e. The minimum atomic E-state index is -0.359. The van der Waals surface area contributed by atoms with Gasteiger partial charge in [0.05, 0.1) is 6.10 Å². The Hall–Kier alpha value is -0.810. The van der Waals surface area contributed by atoms with E-state index in [1.54, 1.807) is 4.90 Å². The minimum Gasteiger partial charge on any atom is -0.391 e. The van der Waals surface area contributed by atoms with Crippen LogP contribution in [-0.2, 0) is 0 Å². The third-order valence-corrected chi connectivity index (χ3v) is 5.27. The van der Waals surface area contributed by atoms with Gasteiger partial charge in [0.15, 0.2) is 0 Å². The molecule has 2 amide bonds. The zero-order valence-corrected chi connectivity index (χ0v) is 13.8. The second-order valence-corrected chi connectivity index (χ2v) is 7.22. The van der Waals surface area contributed by atoms with Crippen LogP contribution in [-0.4, -0.2) is 66.3 Å². The Balaban J connectivity index is 1.91. The molecule has 0 aromatic heterocycles.